The lowest BCUT2D eigenvalue weighted by atomic mass is 9.88. The summed E-state index contributed by atoms with van der Waals surface area (Å²) in [6.45, 7) is 5.72. The number of non-ortho nitro benzene ring substituents is 1. The number of nitrogens with zero attached hydrogens (tertiary/aromatic N) is 1. The third kappa shape index (κ3) is 5.22. The van der Waals surface area contributed by atoms with Crippen LogP contribution in [0.25, 0.3) is 16.8 Å². The van der Waals surface area contributed by atoms with Crippen molar-refractivity contribution in [2.75, 3.05) is 0 Å². The zero-order valence-corrected chi connectivity index (χ0v) is 17.9. The van der Waals surface area contributed by atoms with E-state index in [1.54, 1.807) is 6.07 Å². The predicted octanol–water partition coefficient (Wildman–Crippen LogP) is 5.53. The largest absolute Gasteiger partial charge is 0.507 e. The maximum absolute atomic E-state index is 10.8. The topological polar surface area (TPSA) is 104 Å². The van der Waals surface area contributed by atoms with Crippen molar-refractivity contribution in [3.05, 3.63) is 100 Å². The Labute approximate surface area is 186 Å². The van der Waals surface area contributed by atoms with Gasteiger partial charge in [-0.25, -0.2) is 0 Å². The van der Waals surface area contributed by atoms with Crippen molar-refractivity contribution in [2.24, 2.45) is 5.92 Å². The Balaban J connectivity index is 1.69. The van der Waals surface area contributed by atoms with Gasteiger partial charge in [0, 0.05) is 23.4 Å². The number of rotatable bonds is 9. The highest BCUT2D eigenvalue weighted by molar-refractivity contribution is 5.94. The zero-order valence-electron chi connectivity index (χ0n) is 17.9. The monoisotopic (exact) mass is 433 g/mol. The van der Waals surface area contributed by atoms with Gasteiger partial charge < -0.3 is 15.3 Å². The van der Waals surface area contributed by atoms with Gasteiger partial charge in [0.2, 0.25) is 0 Å². The number of fused-ring (bicyclic) bond motifs is 1. The molecular weight excluding hydrogens is 406 g/mol. The van der Waals surface area contributed by atoms with Crippen LogP contribution in [0.2, 0.25) is 0 Å². The first-order valence-corrected chi connectivity index (χ1v) is 10.4. The molecule has 166 valence electrons. The highest BCUT2D eigenvalue weighted by atomic mass is 16.6. The van der Waals surface area contributed by atoms with E-state index in [0.29, 0.717) is 18.4 Å². The molecule has 0 amide bonds. The SMILES string of the molecule is C=C[C@H]([C@H](O)CC/C(C)=C/c1ccc(O)c2ccccc12)[C@H](O)c1ccc([N+](=O)[O-])cc1. The van der Waals surface area contributed by atoms with Crippen LogP contribution in [0, 0.1) is 16.0 Å². The molecule has 0 fully saturated rings. The fraction of sp³-hybridized carbons (Fsp3) is 0.231. The van der Waals surface area contributed by atoms with Crippen LogP contribution in [-0.2, 0) is 0 Å². The van der Waals surface area contributed by atoms with Gasteiger partial charge in [0.15, 0.2) is 0 Å². The molecule has 0 unspecified atom stereocenters. The first-order valence-electron chi connectivity index (χ1n) is 10.4. The number of aliphatic hydroxyl groups is 2. The Morgan fingerprint density at radius 3 is 2.34 bits per heavy atom. The molecule has 0 aliphatic rings. The fourth-order valence-electron chi connectivity index (χ4n) is 3.85. The van der Waals surface area contributed by atoms with E-state index in [-0.39, 0.29) is 11.4 Å². The van der Waals surface area contributed by atoms with Crippen LogP contribution in [0.5, 0.6) is 5.75 Å². The van der Waals surface area contributed by atoms with Gasteiger partial charge in [0.1, 0.15) is 5.75 Å². The summed E-state index contributed by atoms with van der Waals surface area (Å²) in [5, 5.41) is 44.0. The number of benzene rings is 3. The third-order valence-corrected chi connectivity index (χ3v) is 5.70. The van der Waals surface area contributed by atoms with Gasteiger partial charge in [-0.05, 0) is 54.5 Å². The molecule has 0 saturated carbocycles. The van der Waals surface area contributed by atoms with E-state index < -0.39 is 23.0 Å². The Morgan fingerprint density at radius 2 is 1.72 bits per heavy atom. The molecule has 0 aromatic heterocycles. The van der Waals surface area contributed by atoms with Gasteiger partial charge in [0.05, 0.1) is 17.1 Å². The molecule has 3 aromatic rings. The Bertz CT molecular complexity index is 1140. The summed E-state index contributed by atoms with van der Waals surface area (Å²) in [7, 11) is 0. The van der Waals surface area contributed by atoms with Crippen molar-refractivity contribution in [3.63, 3.8) is 0 Å². The maximum Gasteiger partial charge on any atom is 0.269 e. The van der Waals surface area contributed by atoms with Crippen molar-refractivity contribution >= 4 is 22.5 Å². The van der Waals surface area contributed by atoms with E-state index in [4.69, 9.17) is 0 Å². The zero-order chi connectivity index (χ0) is 23.3. The Morgan fingerprint density at radius 1 is 1.06 bits per heavy atom. The minimum absolute atomic E-state index is 0.0563. The molecule has 0 aliphatic heterocycles. The summed E-state index contributed by atoms with van der Waals surface area (Å²) in [4.78, 5) is 10.3. The van der Waals surface area contributed by atoms with Gasteiger partial charge in [-0.3, -0.25) is 10.1 Å². The molecule has 3 aromatic carbocycles. The summed E-state index contributed by atoms with van der Waals surface area (Å²) in [5.41, 5.74) is 2.46. The standard InChI is InChI=1S/C26H27NO5/c1-3-21(26(30)18-9-12-20(13-10-18)27(31)32)24(28)14-8-17(2)16-19-11-15-25(29)23-7-5-4-6-22(19)23/h3-7,9-13,15-16,21,24,26,28-30H,1,8,14H2,2H3/b17-16+/t21-,24-,26-/m1/s1. The second-order valence-corrected chi connectivity index (χ2v) is 7.92. The van der Waals surface area contributed by atoms with Crippen molar-refractivity contribution < 1.29 is 20.2 Å². The summed E-state index contributed by atoms with van der Waals surface area (Å²) in [6.07, 6.45) is 2.71. The van der Waals surface area contributed by atoms with Crippen LogP contribution in [0.15, 0.2) is 78.9 Å². The molecule has 0 spiro atoms. The summed E-state index contributed by atoms with van der Waals surface area (Å²) in [5.74, 6) is -0.376. The lowest BCUT2D eigenvalue weighted by Gasteiger charge is -2.25. The highest BCUT2D eigenvalue weighted by Gasteiger charge is 2.25. The van der Waals surface area contributed by atoms with Crippen molar-refractivity contribution in [2.45, 2.75) is 32.0 Å². The first kappa shape index (κ1) is 23.2. The van der Waals surface area contributed by atoms with Crippen molar-refractivity contribution in [1.82, 2.24) is 0 Å². The molecule has 0 bridgehead atoms. The minimum atomic E-state index is -1.02. The molecule has 3 rings (SSSR count). The smallest absolute Gasteiger partial charge is 0.269 e. The number of nitro groups is 1. The number of allylic oxidation sites excluding steroid dienone is 1. The lowest BCUT2D eigenvalue weighted by Crippen LogP contribution is -2.25. The number of hydrogen-bond acceptors (Lipinski definition) is 5. The average molecular weight is 434 g/mol. The molecule has 3 N–H and O–H groups in total. The summed E-state index contributed by atoms with van der Waals surface area (Å²) in [6, 6.07) is 16.8. The van der Waals surface area contributed by atoms with Gasteiger partial charge >= 0.3 is 0 Å². The lowest BCUT2D eigenvalue weighted by molar-refractivity contribution is -0.384. The van der Waals surface area contributed by atoms with Crippen LogP contribution in [0.1, 0.15) is 37.0 Å². The number of hydrogen-bond donors (Lipinski definition) is 3. The molecule has 0 heterocycles. The van der Waals surface area contributed by atoms with Crippen LogP contribution in [0.4, 0.5) is 5.69 Å². The van der Waals surface area contributed by atoms with Gasteiger partial charge in [-0.2, -0.15) is 0 Å². The van der Waals surface area contributed by atoms with Crippen molar-refractivity contribution in [3.8, 4) is 5.75 Å². The van der Waals surface area contributed by atoms with Crippen LogP contribution >= 0.6 is 0 Å². The van der Waals surface area contributed by atoms with E-state index in [0.717, 1.165) is 21.9 Å². The quantitative estimate of drug-likeness (QED) is 0.234. The van der Waals surface area contributed by atoms with Gasteiger partial charge in [0.25, 0.3) is 5.69 Å². The molecule has 0 aliphatic carbocycles. The van der Waals surface area contributed by atoms with E-state index in [1.807, 2.05) is 43.3 Å². The summed E-state index contributed by atoms with van der Waals surface area (Å²) < 4.78 is 0. The summed E-state index contributed by atoms with van der Waals surface area (Å²) >= 11 is 0. The minimum Gasteiger partial charge on any atom is -0.507 e. The normalized spacial score (nSPS) is 14.7. The van der Waals surface area contributed by atoms with Crippen LogP contribution < -0.4 is 0 Å². The van der Waals surface area contributed by atoms with Crippen LogP contribution in [0.3, 0.4) is 0 Å². The third-order valence-electron chi connectivity index (χ3n) is 5.70. The number of aliphatic hydroxyl groups excluding tert-OH is 2. The van der Waals surface area contributed by atoms with Gasteiger partial charge in [-0.15, -0.1) is 6.58 Å². The Kier molecular flexibility index (Phi) is 7.41. The predicted molar refractivity (Wildman–Crippen MR) is 126 cm³/mol. The molecule has 6 heteroatoms. The number of nitro benzene ring substituents is 1. The molecular formula is C26H27NO5. The second-order valence-electron chi connectivity index (χ2n) is 7.92. The van der Waals surface area contributed by atoms with E-state index in [9.17, 15) is 25.4 Å². The first-order chi connectivity index (χ1) is 15.3. The molecule has 32 heavy (non-hydrogen) atoms. The highest BCUT2D eigenvalue weighted by Crippen LogP contribution is 2.31. The van der Waals surface area contributed by atoms with Gasteiger partial charge in [-0.1, -0.05) is 48.1 Å². The molecule has 6 nitrogen and oxygen atoms in total. The van der Waals surface area contributed by atoms with Crippen molar-refractivity contribution in [1.29, 1.82) is 0 Å². The van der Waals surface area contributed by atoms with Crippen LogP contribution in [-0.4, -0.2) is 26.3 Å². The molecule has 0 radical (unpaired) electrons. The molecule has 0 saturated heterocycles. The van der Waals surface area contributed by atoms with E-state index >= 15 is 0 Å². The number of aromatic hydroxyl groups is 1. The molecule has 3 atom stereocenters. The number of phenols is 1. The average Bonchev–Trinajstić information content (AvgIpc) is 2.80. The van der Waals surface area contributed by atoms with E-state index in [1.165, 1.54) is 30.3 Å². The number of phenolic OH excluding ortho intramolecular Hbond substituents is 1. The van der Waals surface area contributed by atoms with E-state index in [2.05, 4.69) is 6.58 Å². The fourth-order valence-corrected chi connectivity index (χ4v) is 3.85. The Hall–Kier alpha value is -3.48. The maximum atomic E-state index is 10.8. The second kappa shape index (κ2) is 10.2.